The standard InChI is InChI=1S/C27H39NO5/c1-16(28)24(30)33-19-8-11-25(2)18(14-19)5-6-22-21(25)9-12-26(3)20(10-13-27(22,26)31)17-4-7-23(29)32-15-17/h4,7,15-16,18-22,31H,5-6,8-14,28H2,1-3H3/t16?,18-,19+,20-,21+,22-,25+,26-,27+/m1/s1. The molecular weight excluding hydrogens is 418 g/mol. The molecule has 6 nitrogen and oxygen atoms in total. The molecule has 4 fully saturated rings. The van der Waals surface area contributed by atoms with E-state index in [1.165, 1.54) is 6.07 Å². The summed E-state index contributed by atoms with van der Waals surface area (Å²) in [4.78, 5) is 23.5. The molecule has 5 rings (SSSR count). The van der Waals surface area contributed by atoms with Crippen molar-refractivity contribution < 1.29 is 19.1 Å². The molecule has 0 bridgehead atoms. The van der Waals surface area contributed by atoms with Gasteiger partial charge < -0.3 is 20.0 Å². The van der Waals surface area contributed by atoms with E-state index >= 15 is 0 Å². The topological polar surface area (TPSA) is 103 Å². The van der Waals surface area contributed by atoms with Crippen LogP contribution in [0.25, 0.3) is 0 Å². The van der Waals surface area contributed by atoms with Crippen LogP contribution in [0, 0.1) is 28.6 Å². The Bertz CT molecular complexity index is 953. The van der Waals surface area contributed by atoms with E-state index < -0.39 is 11.6 Å². The number of aliphatic hydroxyl groups is 1. The number of carbonyl (C=O) groups is 1. The predicted molar refractivity (Wildman–Crippen MR) is 124 cm³/mol. The zero-order chi connectivity index (χ0) is 23.6. The SMILES string of the molecule is CC(N)C(=O)O[C@H]1CC[C@@]2(C)[C@H](CC[C@@H]3[C@@H]2CC[C@]2(C)[C@@H](c4ccc(=O)oc4)CC[C@]32O)C1. The second kappa shape index (κ2) is 7.94. The van der Waals surface area contributed by atoms with Gasteiger partial charge >= 0.3 is 11.6 Å². The molecule has 1 unspecified atom stereocenters. The first-order valence-electron chi connectivity index (χ1n) is 12.9. The highest BCUT2D eigenvalue weighted by Crippen LogP contribution is 2.70. The Morgan fingerprint density at radius 3 is 2.61 bits per heavy atom. The average molecular weight is 458 g/mol. The molecule has 3 N–H and O–H groups in total. The lowest BCUT2D eigenvalue weighted by Crippen LogP contribution is -2.62. The average Bonchev–Trinajstić information content (AvgIpc) is 3.06. The number of ether oxygens (including phenoxy) is 1. The van der Waals surface area contributed by atoms with Gasteiger partial charge in [-0.2, -0.15) is 0 Å². The molecule has 4 aliphatic rings. The molecule has 1 aromatic heterocycles. The van der Waals surface area contributed by atoms with Crippen LogP contribution in [0.15, 0.2) is 27.6 Å². The number of carbonyl (C=O) groups excluding carboxylic acids is 1. The highest BCUT2D eigenvalue weighted by molar-refractivity contribution is 5.75. The number of rotatable bonds is 3. The Labute approximate surface area is 196 Å². The molecule has 0 radical (unpaired) electrons. The van der Waals surface area contributed by atoms with Crippen molar-refractivity contribution in [1.29, 1.82) is 0 Å². The van der Waals surface area contributed by atoms with Crippen LogP contribution in [0.1, 0.15) is 90.0 Å². The van der Waals surface area contributed by atoms with Gasteiger partial charge in [-0.15, -0.1) is 0 Å². The molecule has 1 heterocycles. The molecule has 0 saturated heterocycles. The Hall–Kier alpha value is -1.66. The zero-order valence-corrected chi connectivity index (χ0v) is 20.2. The van der Waals surface area contributed by atoms with Crippen LogP contribution in [0.5, 0.6) is 0 Å². The van der Waals surface area contributed by atoms with Gasteiger partial charge in [0, 0.05) is 11.5 Å². The molecule has 4 aliphatic carbocycles. The number of hydrogen-bond donors (Lipinski definition) is 2. The minimum absolute atomic E-state index is 0.0290. The van der Waals surface area contributed by atoms with Gasteiger partial charge in [-0.25, -0.2) is 4.79 Å². The summed E-state index contributed by atoms with van der Waals surface area (Å²) >= 11 is 0. The smallest absolute Gasteiger partial charge is 0.335 e. The van der Waals surface area contributed by atoms with Gasteiger partial charge in [0.1, 0.15) is 12.1 Å². The monoisotopic (exact) mass is 457 g/mol. The van der Waals surface area contributed by atoms with Crippen molar-refractivity contribution in [3.05, 3.63) is 34.4 Å². The van der Waals surface area contributed by atoms with Gasteiger partial charge in [-0.1, -0.05) is 13.8 Å². The molecule has 1 aromatic rings. The van der Waals surface area contributed by atoms with Crippen LogP contribution in [0.2, 0.25) is 0 Å². The largest absolute Gasteiger partial charge is 0.461 e. The lowest BCUT2D eigenvalue weighted by molar-refractivity contribution is -0.207. The van der Waals surface area contributed by atoms with Crippen molar-refractivity contribution >= 4 is 5.97 Å². The first-order valence-corrected chi connectivity index (χ1v) is 12.9. The van der Waals surface area contributed by atoms with Gasteiger partial charge in [-0.3, -0.25) is 4.79 Å². The van der Waals surface area contributed by atoms with E-state index in [0.29, 0.717) is 17.8 Å². The minimum atomic E-state index is -0.691. The third-order valence-electron chi connectivity index (χ3n) is 10.6. The molecule has 6 heteroatoms. The van der Waals surface area contributed by atoms with Crippen molar-refractivity contribution in [2.75, 3.05) is 0 Å². The van der Waals surface area contributed by atoms with Crippen LogP contribution in [0.4, 0.5) is 0 Å². The predicted octanol–water partition coefficient (Wildman–Crippen LogP) is 4.14. The molecule has 0 aromatic carbocycles. The van der Waals surface area contributed by atoms with Crippen molar-refractivity contribution in [2.45, 2.75) is 102 Å². The van der Waals surface area contributed by atoms with Crippen molar-refractivity contribution in [2.24, 2.45) is 34.3 Å². The Morgan fingerprint density at radius 2 is 1.91 bits per heavy atom. The minimum Gasteiger partial charge on any atom is -0.461 e. The summed E-state index contributed by atoms with van der Waals surface area (Å²) in [6.07, 6.45) is 10.4. The van der Waals surface area contributed by atoms with Gasteiger partial charge in [0.25, 0.3) is 0 Å². The third kappa shape index (κ3) is 3.43. The summed E-state index contributed by atoms with van der Waals surface area (Å²) in [5.41, 5.74) is 5.71. The van der Waals surface area contributed by atoms with Crippen molar-refractivity contribution in [3.8, 4) is 0 Å². The number of hydrogen-bond acceptors (Lipinski definition) is 6. The molecule has 0 aliphatic heterocycles. The number of esters is 1. The van der Waals surface area contributed by atoms with E-state index in [1.807, 2.05) is 6.07 Å². The molecule has 0 spiro atoms. The highest BCUT2D eigenvalue weighted by atomic mass is 16.5. The van der Waals surface area contributed by atoms with Crippen molar-refractivity contribution in [3.63, 3.8) is 0 Å². The second-order valence-electron chi connectivity index (χ2n) is 12.0. The highest BCUT2D eigenvalue weighted by Gasteiger charge is 2.67. The number of fused-ring (bicyclic) bond motifs is 5. The van der Waals surface area contributed by atoms with Crippen molar-refractivity contribution in [1.82, 2.24) is 0 Å². The fraction of sp³-hybridized carbons (Fsp3) is 0.778. The molecule has 33 heavy (non-hydrogen) atoms. The quantitative estimate of drug-likeness (QED) is 0.661. The van der Waals surface area contributed by atoms with Crippen LogP contribution in [0.3, 0.4) is 0 Å². The lowest BCUT2D eigenvalue weighted by atomic mass is 9.43. The summed E-state index contributed by atoms with van der Waals surface area (Å²) in [5, 5.41) is 12.3. The summed E-state index contributed by atoms with van der Waals surface area (Å²) in [5.74, 6) is 1.22. The molecular formula is C27H39NO5. The summed E-state index contributed by atoms with van der Waals surface area (Å²) < 4.78 is 10.9. The zero-order valence-electron chi connectivity index (χ0n) is 20.2. The van der Waals surface area contributed by atoms with Crippen LogP contribution >= 0.6 is 0 Å². The van der Waals surface area contributed by atoms with Gasteiger partial charge in [-0.05, 0) is 105 Å². The Morgan fingerprint density at radius 1 is 1.12 bits per heavy atom. The van der Waals surface area contributed by atoms with E-state index in [0.717, 1.165) is 63.4 Å². The number of nitrogens with two attached hydrogens (primary N) is 1. The first kappa shape index (κ1) is 23.1. The van der Waals surface area contributed by atoms with Crippen LogP contribution in [-0.4, -0.2) is 28.8 Å². The maximum atomic E-state index is 12.3. The van der Waals surface area contributed by atoms with Gasteiger partial charge in [0.05, 0.1) is 11.9 Å². The van der Waals surface area contributed by atoms with E-state index in [-0.39, 0.29) is 34.4 Å². The van der Waals surface area contributed by atoms with Crippen LogP contribution in [-0.2, 0) is 9.53 Å². The Kier molecular flexibility index (Phi) is 5.56. The second-order valence-corrected chi connectivity index (χ2v) is 12.0. The molecule has 9 atom stereocenters. The maximum absolute atomic E-state index is 12.3. The van der Waals surface area contributed by atoms with E-state index in [4.69, 9.17) is 14.9 Å². The summed E-state index contributed by atoms with van der Waals surface area (Å²) in [7, 11) is 0. The molecule has 0 amide bonds. The summed E-state index contributed by atoms with van der Waals surface area (Å²) in [6, 6.07) is 2.82. The van der Waals surface area contributed by atoms with Gasteiger partial charge in [0.15, 0.2) is 0 Å². The maximum Gasteiger partial charge on any atom is 0.335 e. The normalized spacial score (nSPS) is 45.4. The van der Waals surface area contributed by atoms with Gasteiger partial charge in [0.2, 0.25) is 0 Å². The third-order valence-corrected chi connectivity index (χ3v) is 10.6. The van der Waals surface area contributed by atoms with E-state index in [2.05, 4.69) is 13.8 Å². The van der Waals surface area contributed by atoms with Crippen LogP contribution < -0.4 is 11.4 Å². The van der Waals surface area contributed by atoms with E-state index in [9.17, 15) is 14.7 Å². The van der Waals surface area contributed by atoms with E-state index in [1.54, 1.807) is 13.2 Å². The fourth-order valence-electron chi connectivity index (χ4n) is 8.67. The fourth-order valence-corrected chi connectivity index (χ4v) is 8.67. The molecule has 182 valence electrons. The Balaban J connectivity index is 1.37. The summed E-state index contributed by atoms with van der Waals surface area (Å²) in [6.45, 7) is 6.38. The molecule has 4 saturated carbocycles. The first-order chi connectivity index (χ1) is 15.6. The lowest BCUT2D eigenvalue weighted by Gasteiger charge is -2.63.